The average molecular weight is 437 g/mol. The van der Waals surface area contributed by atoms with Gasteiger partial charge in [0.2, 0.25) is 11.7 Å². The fourth-order valence-corrected chi connectivity index (χ4v) is 4.07. The van der Waals surface area contributed by atoms with Crippen LogP contribution >= 0.6 is 11.3 Å². The summed E-state index contributed by atoms with van der Waals surface area (Å²) >= 11 is 1.17. The summed E-state index contributed by atoms with van der Waals surface area (Å²) in [6.07, 6.45) is 3.27. The lowest BCUT2D eigenvalue weighted by Gasteiger charge is -2.07. The molecule has 31 heavy (non-hydrogen) atoms. The van der Waals surface area contributed by atoms with Crippen LogP contribution in [0.1, 0.15) is 32.5 Å². The minimum absolute atomic E-state index is 0.0682. The van der Waals surface area contributed by atoms with E-state index in [1.165, 1.54) is 16.0 Å². The SMILES string of the molecule is Cc1nc(-c2c(C)c(C)nn(C)c2=O)sc1C(=O)NCc1nc(-c2ccncc2)no1. The minimum Gasteiger partial charge on any atom is -0.342 e. The molecule has 0 aromatic carbocycles. The Hall–Kier alpha value is -3.73. The van der Waals surface area contributed by atoms with Crippen LogP contribution < -0.4 is 10.9 Å². The third kappa shape index (κ3) is 3.99. The molecule has 1 N–H and O–H groups in total. The average Bonchev–Trinajstić information content (AvgIpc) is 3.38. The van der Waals surface area contributed by atoms with Crippen LogP contribution in [0.3, 0.4) is 0 Å². The van der Waals surface area contributed by atoms with E-state index in [9.17, 15) is 9.59 Å². The van der Waals surface area contributed by atoms with Crippen LogP contribution in [0.5, 0.6) is 0 Å². The van der Waals surface area contributed by atoms with Gasteiger partial charge in [-0.15, -0.1) is 11.3 Å². The molecule has 0 bridgehead atoms. The standard InChI is InChI=1S/C20H19N7O3S/c1-10-11(2)25-27(4)20(29)15(10)19-23-12(3)16(31-19)18(28)22-9-14-24-17(26-30-14)13-5-7-21-8-6-13/h5-8H,9H2,1-4H3,(H,22,28). The molecule has 4 aromatic heterocycles. The Morgan fingerprint density at radius 1 is 1.16 bits per heavy atom. The highest BCUT2D eigenvalue weighted by Crippen LogP contribution is 2.28. The lowest BCUT2D eigenvalue weighted by molar-refractivity contribution is 0.0949. The number of rotatable bonds is 5. The van der Waals surface area contributed by atoms with Crippen molar-refractivity contribution in [1.29, 1.82) is 0 Å². The lowest BCUT2D eigenvalue weighted by atomic mass is 10.1. The molecule has 0 saturated carbocycles. The Kier molecular flexibility index (Phi) is 5.42. The molecule has 1 amide bonds. The molecular formula is C20H19N7O3S. The van der Waals surface area contributed by atoms with Gasteiger partial charge < -0.3 is 9.84 Å². The summed E-state index contributed by atoms with van der Waals surface area (Å²) < 4.78 is 6.49. The zero-order chi connectivity index (χ0) is 22.1. The van der Waals surface area contributed by atoms with Crippen molar-refractivity contribution in [2.45, 2.75) is 27.3 Å². The van der Waals surface area contributed by atoms with Crippen LogP contribution in [0, 0.1) is 20.8 Å². The van der Waals surface area contributed by atoms with Crippen LogP contribution in [0.25, 0.3) is 22.0 Å². The summed E-state index contributed by atoms with van der Waals surface area (Å²) in [4.78, 5) is 38.4. The molecular weight excluding hydrogens is 418 g/mol. The Morgan fingerprint density at radius 2 is 1.90 bits per heavy atom. The predicted molar refractivity (Wildman–Crippen MR) is 113 cm³/mol. The summed E-state index contributed by atoms with van der Waals surface area (Å²) in [5, 5.41) is 11.4. The van der Waals surface area contributed by atoms with Crippen LogP contribution in [0.2, 0.25) is 0 Å². The van der Waals surface area contributed by atoms with Gasteiger partial charge in [0.1, 0.15) is 9.88 Å². The van der Waals surface area contributed by atoms with Gasteiger partial charge in [-0.3, -0.25) is 14.6 Å². The second-order valence-electron chi connectivity index (χ2n) is 6.88. The van der Waals surface area contributed by atoms with E-state index in [-0.39, 0.29) is 23.9 Å². The van der Waals surface area contributed by atoms with E-state index in [0.717, 1.165) is 16.8 Å². The third-order valence-corrected chi connectivity index (χ3v) is 5.92. The van der Waals surface area contributed by atoms with Gasteiger partial charge >= 0.3 is 0 Å². The number of pyridine rings is 1. The van der Waals surface area contributed by atoms with Gasteiger partial charge in [-0.25, -0.2) is 9.67 Å². The van der Waals surface area contributed by atoms with Gasteiger partial charge in [0.25, 0.3) is 11.5 Å². The number of hydrogen-bond acceptors (Lipinski definition) is 9. The molecule has 0 saturated heterocycles. The molecule has 4 aromatic rings. The monoisotopic (exact) mass is 437 g/mol. The number of nitrogens with one attached hydrogen (secondary N) is 1. The molecule has 0 aliphatic carbocycles. The topological polar surface area (TPSA) is 129 Å². The maximum Gasteiger partial charge on any atom is 0.277 e. The largest absolute Gasteiger partial charge is 0.342 e. The second-order valence-corrected chi connectivity index (χ2v) is 7.88. The molecule has 0 unspecified atom stereocenters. The number of amides is 1. The first kappa shape index (κ1) is 20.5. The van der Waals surface area contributed by atoms with Crippen LogP contribution in [0.15, 0.2) is 33.8 Å². The van der Waals surface area contributed by atoms with Crippen molar-refractivity contribution < 1.29 is 9.32 Å². The summed E-state index contributed by atoms with van der Waals surface area (Å²) in [6, 6.07) is 3.53. The molecule has 0 atom stereocenters. The van der Waals surface area contributed by atoms with Crippen molar-refractivity contribution in [2.75, 3.05) is 0 Å². The van der Waals surface area contributed by atoms with Gasteiger partial charge in [0.05, 0.1) is 23.5 Å². The van der Waals surface area contributed by atoms with Gasteiger partial charge in [-0.05, 0) is 38.5 Å². The number of aryl methyl sites for hydroxylation is 3. The smallest absolute Gasteiger partial charge is 0.277 e. The fourth-order valence-electron chi connectivity index (χ4n) is 3.00. The summed E-state index contributed by atoms with van der Waals surface area (Å²) in [6.45, 7) is 5.46. The molecule has 0 aliphatic heterocycles. The quantitative estimate of drug-likeness (QED) is 0.503. The Labute approximate surface area is 181 Å². The van der Waals surface area contributed by atoms with Crippen molar-refractivity contribution in [2.24, 2.45) is 7.05 Å². The number of carbonyl (C=O) groups excluding carboxylic acids is 1. The van der Waals surface area contributed by atoms with Crippen LogP contribution in [0.4, 0.5) is 0 Å². The first-order chi connectivity index (χ1) is 14.8. The van der Waals surface area contributed by atoms with Gasteiger partial charge in [0.15, 0.2) is 0 Å². The van der Waals surface area contributed by atoms with Crippen molar-refractivity contribution in [1.82, 2.24) is 35.2 Å². The van der Waals surface area contributed by atoms with Crippen LogP contribution in [-0.4, -0.2) is 35.8 Å². The number of nitrogens with zero attached hydrogens (tertiary/aromatic N) is 6. The zero-order valence-corrected chi connectivity index (χ0v) is 18.1. The number of carbonyl (C=O) groups is 1. The Bertz CT molecular complexity index is 1320. The molecule has 0 spiro atoms. The lowest BCUT2D eigenvalue weighted by Crippen LogP contribution is -2.23. The molecule has 0 fully saturated rings. The van der Waals surface area contributed by atoms with Gasteiger partial charge in [-0.1, -0.05) is 5.16 Å². The number of thiazole rings is 1. The highest BCUT2D eigenvalue weighted by Gasteiger charge is 2.21. The van der Waals surface area contributed by atoms with E-state index in [1.807, 2.05) is 13.8 Å². The van der Waals surface area contributed by atoms with Crippen molar-refractivity contribution in [3.63, 3.8) is 0 Å². The Morgan fingerprint density at radius 3 is 2.65 bits per heavy atom. The van der Waals surface area contributed by atoms with Crippen LogP contribution in [-0.2, 0) is 13.6 Å². The number of aromatic nitrogens is 6. The number of hydrogen-bond donors (Lipinski definition) is 1. The van der Waals surface area contributed by atoms with E-state index in [2.05, 4.69) is 30.5 Å². The normalized spacial score (nSPS) is 11.0. The van der Waals surface area contributed by atoms with Gasteiger partial charge in [-0.2, -0.15) is 10.1 Å². The maximum atomic E-state index is 12.7. The van der Waals surface area contributed by atoms with Gasteiger partial charge in [0, 0.05) is 25.0 Å². The molecule has 0 aliphatic rings. The van der Waals surface area contributed by atoms with E-state index in [1.54, 1.807) is 38.5 Å². The summed E-state index contributed by atoms with van der Waals surface area (Å²) in [7, 11) is 1.59. The zero-order valence-electron chi connectivity index (χ0n) is 17.3. The fraction of sp³-hybridized carbons (Fsp3) is 0.250. The first-order valence-electron chi connectivity index (χ1n) is 9.38. The summed E-state index contributed by atoms with van der Waals surface area (Å²) in [5.74, 6) is 0.365. The van der Waals surface area contributed by atoms with E-state index >= 15 is 0 Å². The predicted octanol–water partition coefficient (Wildman–Crippen LogP) is 2.20. The van der Waals surface area contributed by atoms with Crippen molar-refractivity contribution in [3.8, 4) is 22.0 Å². The molecule has 11 heteroatoms. The molecule has 10 nitrogen and oxygen atoms in total. The van der Waals surface area contributed by atoms with E-state index in [0.29, 0.717) is 27.0 Å². The Balaban J connectivity index is 1.53. The highest BCUT2D eigenvalue weighted by molar-refractivity contribution is 7.17. The maximum absolute atomic E-state index is 12.7. The molecule has 4 heterocycles. The van der Waals surface area contributed by atoms with Crippen molar-refractivity contribution in [3.05, 3.63) is 62.6 Å². The minimum atomic E-state index is -0.329. The van der Waals surface area contributed by atoms with E-state index in [4.69, 9.17) is 4.52 Å². The molecule has 158 valence electrons. The molecule has 0 radical (unpaired) electrons. The third-order valence-electron chi connectivity index (χ3n) is 4.75. The van der Waals surface area contributed by atoms with E-state index < -0.39 is 0 Å². The highest BCUT2D eigenvalue weighted by atomic mass is 32.1. The van der Waals surface area contributed by atoms with Crippen molar-refractivity contribution >= 4 is 17.2 Å². The summed E-state index contributed by atoms with van der Waals surface area (Å²) in [5.41, 5.74) is 3.00. The molecule has 4 rings (SSSR count). The second kappa shape index (κ2) is 8.19. The first-order valence-corrected chi connectivity index (χ1v) is 10.2.